The molecule has 1 aliphatic heterocycles. The van der Waals surface area contributed by atoms with E-state index in [4.69, 9.17) is 4.74 Å². The van der Waals surface area contributed by atoms with E-state index in [2.05, 4.69) is 29.6 Å². The largest absolute Gasteiger partial charge is 0.480 e. The van der Waals surface area contributed by atoms with Gasteiger partial charge in [0.15, 0.2) is 0 Å². The molecule has 1 aliphatic carbocycles. The van der Waals surface area contributed by atoms with Gasteiger partial charge in [-0.25, -0.2) is 9.59 Å². The molecule has 2 N–H and O–H groups in total. The van der Waals surface area contributed by atoms with Crippen molar-refractivity contribution in [2.24, 2.45) is 0 Å². The molecule has 4 rings (SSSR count). The monoisotopic (exact) mass is 482 g/mol. The van der Waals surface area contributed by atoms with Gasteiger partial charge < -0.3 is 20.1 Å². The molecular weight excluding hydrogens is 452 g/mol. The Balaban J connectivity index is 1.44. The number of nitrogens with one attached hydrogen (secondary N) is 1. The predicted molar refractivity (Wildman–Crippen MR) is 132 cm³/mol. The Morgan fingerprint density at radius 1 is 1.09 bits per heavy atom. The number of ether oxygens (including phenoxy) is 1. The van der Waals surface area contributed by atoms with Crippen molar-refractivity contribution in [3.63, 3.8) is 0 Å². The van der Waals surface area contributed by atoms with E-state index in [0.717, 1.165) is 35.1 Å². The van der Waals surface area contributed by atoms with Crippen molar-refractivity contribution in [3.8, 4) is 11.1 Å². The first-order chi connectivity index (χ1) is 16.5. The van der Waals surface area contributed by atoms with Crippen LogP contribution in [0.25, 0.3) is 11.1 Å². The maximum absolute atomic E-state index is 13.2. The van der Waals surface area contributed by atoms with Gasteiger partial charge in [-0.2, -0.15) is 11.8 Å². The number of carboxylic acids is 1. The van der Waals surface area contributed by atoms with E-state index in [1.807, 2.05) is 30.5 Å². The first-order valence-corrected chi connectivity index (χ1v) is 13.0. The van der Waals surface area contributed by atoms with E-state index in [1.54, 1.807) is 11.8 Å². The molecule has 180 valence electrons. The number of carbonyl (C=O) groups is 3. The molecule has 1 saturated heterocycles. The van der Waals surface area contributed by atoms with Crippen LogP contribution in [0.5, 0.6) is 0 Å². The molecular formula is C26H30N2O5S. The Morgan fingerprint density at radius 2 is 1.74 bits per heavy atom. The number of hydrogen-bond donors (Lipinski definition) is 2. The van der Waals surface area contributed by atoms with Crippen molar-refractivity contribution in [2.45, 2.75) is 43.7 Å². The van der Waals surface area contributed by atoms with Crippen molar-refractivity contribution in [3.05, 3.63) is 59.7 Å². The summed E-state index contributed by atoms with van der Waals surface area (Å²) in [7, 11) is 0. The van der Waals surface area contributed by atoms with Gasteiger partial charge >= 0.3 is 12.1 Å². The highest BCUT2D eigenvalue weighted by Crippen LogP contribution is 2.44. The first kappa shape index (κ1) is 24.1. The van der Waals surface area contributed by atoms with Gasteiger partial charge in [0.05, 0.1) is 0 Å². The standard InChI is InChI=1S/C26H30N2O5S/c1-34-15-13-22(24(29)28-14-7-6-12-23(28)25(30)31)27-26(32)33-16-21-19-10-4-2-8-17(19)18-9-3-5-11-20(18)21/h2-5,8-11,21-23H,6-7,12-16H2,1H3,(H,27,32)(H,30,31)/t22-,23+/m0/s1. The molecule has 1 fully saturated rings. The van der Waals surface area contributed by atoms with Crippen molar-refractivity contribution in [1.29, 1.82) is 0 Å². The molecule has 34 heavy (non-hydrogen) atoms. The zero-order valence-corrected chi connectivity index (χ0v) is 20.1. The summed E-state index contributed by atoms with van der Waals surface area (Å²) in [6.45, 7) is 0.544. The third-order valence-electron chi connectivity index (χ3n) is 6.62. The number of aliphatic carboxylic acids is 1. The summed E-state index contributed by atoms with van der Waals surface area (Å²) in [5, 5.41) is 12.3. The lowest BCUT2D eigenvalue weighted by atomic mass is 9.98. The van der Waals surface area contributed by atoms with Gasteiger partial charge in [0.1, 0.15) is 18.7 Å². The van der Waals surface area contributed by atoms with Crippen molar-refractivity contribution >= 4 is 29.7 Å². The second-order valence-electron chi connectivity index (χ2n) is 8.69. The minimum atomic E-state index is -1.00. The van der Waals surface area contributed by atoms with E-state index in [1.165, 1.54) is 4.90 Å². The predicted octanol–water partition coefficient (Wildman–Crippen LogP) is 4.11. The third-order valence-corrected chi connectivity index (χ3v) is 7.26. The average Bonchev–Trinajstić information content (AvgIpc) is 3.18. The topological polar surface area (TPSA) is 95.9 Å². The lowest BCUT2D eigenvalue weighted by molar-refractivity contribution is -0.152. The molecule has 0 saturated carbocycles. The molecule has 0 unspecified atom stereocenters. The van der Waals surface area contributed by atoms with Gasteiger partial charge in [-0.05, 0) is 59.9 Å². The normalized spacial score (nSPS) is 18.0. The number of nitrogens with zero attached hydrogens (tertiary/aromatic N) is 1. The number of hydrogen-bond acceptors (Lipinski definition) is 5. The van der Waals surface area contributed by atoms with Crippen LogP contribution in [0.1, 0.15) is 42.7 Å². The molecule has 0 aromatic heterocycles. The molecule has 2 aromatic carbocycles. The smallest absolute Gasteiger partial charge is 0.407 e. The fourth-order valence-corrected chi connectivity index (χ4v) is 5.40. The number of fused-ring (bicyclic) bond motifs is 3. The Hall–Kier alpha value is -3.00. The minimum Gasteiger partial charge on any atom is -0.480 e. The lowest BCUT2D eigenvalue weighted by Crippen LogP contribution is -2.55. The van der Waals surface area contributed by atoms with Crippen LogP contribution < -0.4 is 5.32 Å². The number of amides is 2. The van der Waals surface area contributed by atoms with Crippen molar-refractivity contribution < 1.29 is 24.2 Å². The average molecular weight is 483 g/mol. The van der Waals surface area contributed by atoms with Crippen LogP contribution in [-0.2, 0) is 14.3 Å². The number of rotatable bonds is 8. The zero-order valence-electron chi connectivity index (χ0n) is 19.2. The third kappa shape index (κ3) is 5.06. The van der Waals surface area contributed by atoms with Crippen molar-refractivity contribution in [1.82, 2.24) is 10.2 Å². The zero-order chi connectivity index (χ0) is 24.1. The molecule has 0 radical (unpaired) electrons. The number of thioether (sulfide) groups is 1. The Morgan fingerprint density at radius 3 is 2.35 bits per heavy atom. The molecule has 1 heterocycles. The highest BCUT2D eigenvalue weighted by atomic mass is 32.2. The maximum Gasteiger partial charge on any atom is 0.407 e. The van der Waals surface area contributed by atoms with Crippen LogP contribution in [0, 0.1) is 0 Å². The molecule has 2 atom stereocenters. The SMILES string of the molecule is CSCC[C@H](NC(=O)OCC1c2ccccc2-c2ccccc21)C(=O)N1CCCC[C@@H]1C(=O)O. The molecule has 0 spiro atoms. The van der Waals surface area contributed by atoms with Crippen LogP contribution >= 0.6 is 11.8 Å². The summed E-state index contributed by atoms with van der Waals surface area (Å²) in [5.41, 5.74) is 4.52. The van der Waals surface area contributed by atoms with Crippen LogP contribution in [0.15, 0.2) is 48.5 Å². The number of benzene rings is 2. The molecule has 2 aliphatic rings. The Bertz CT molecular complexity index is 1010. The highest BCUT2D eigenvalue weighted by molar-refractivity contribution is 7.98. The fourth-order valence-electron chi connectivity index (χ4n) is 4.93. The summed E-state index contributed by atoms with van der Waals surface area (Å²) in [5.74, 6) is -0.768. The number of carboxylic acid groups (broad SMARTS) is 1. The number of carbonyl (C=O) groups excluding carboxylic acids is 2. The van der Waals surface area contributed by atoms with Gasteiger partial charge in [0.2, 0.25) is 5.91 Å². The quantitative estimate of drug-likeness (QED) is 0.588. The molecule has 7 nitrogen and oxygen atoms in total. The summed E-state index contributed by atoms with van der Waals surface area (Å²) in [4.78, 5) is 39.1. The number of piperidine rings is 1. The molecule has 2 aromatic rings. The van der Waals surface area contributed by atoms with Gasteiger partial charge in [-0.1, -0.05) is 48.5 Å². The molecule has 2 amide bonds. The summed E-state index contributed by atoms with van der Waals surface area (Å²) in [6.07, 6.45) is 3.64. The Kier molecular flexibility index (Phi) is 7.77. The second-order valence-corrected chi connectivity index (χ2v) is 9.67. The fraction of sp³-hybridized carbons (Fsp3) is 0.423. The maximum atomic E-state index is 13.2. The van der Waals surface area contributed by atoms with Gasteiger partial charge in [0, 0.05) is 12.5 Å². The van der Waals surface area contributed by atoms with Gasteiger partial charge in [-0.3, -0.25) is 4.79 Å². The Labute approximate surface area is 203 Å². The first-order valence-electron chi connectivity index (χ1n) is 11.6. The van der Waals surface area contributed by atoms with Crippen LogP contribution in [-0.4, -0.2) is 65.2 Å². The van der Waals surface area contributed by atoms with Crippen LogP contribution in [0.3, 0.4) is 0 Å². The van der Waals surface area contributed by atoms with Crippen LogP contribution in [0.4, 0.5) is 4.79 Å². The molecule has 0 bridgehead atoms. The van der Waals surface area contributed by atoms with Crippen molar-refractivity contribution in [2.75, 3.05) is 25.2 Å². The summed E-state index contributed by atoms with van der Waals surface area (Å²) < 4.78 is 5.62. The van der Waals surface area contributed by atoms with Gasteiger partial charge in [0.25, 0.3) is 0 Å². The second kappa shape index (κ2) is 11.0. The summed E-state index contributed by atoms with van der Waals surface area (Å²) >= 11 is 1.57. The van der Waals surface area contributed by atoms with E-state index >= 15 is 0 Å². The highest BCUT2D eigenvalue weighted by Gasteiger charge is 2.36. The number of likely N-dealkylation sites (tertiary alicyclic amines) is 1. The lowest BCUT2D eigenvalue weighted by Gasteiger charge is -2.35. The van der Waals surface area contributed by atoms with Gasteiger partial charge in [-0.15, -0.1) is 0 Å². The van der Waals surface area contributed by atoms with E-state index in [9.17, 15) is 19.5 Å². The van der Waals surface area contributed by atoms with E-state index in [-0.39, 0.29) is 18.4 Å². The van der Waals surface area contributed by atoms with Crippen LogP contribution in [0.2, 0.25) is 0 Å². The minimum absolute atomic E-state index is 0.0722. The molecule has 8 heteroatoms. The number of alkyl carbamates (subject to hydrolysis) is 1. The van der Waals surface area contributed by atoms with E-state index < -0.39 is 24.1 Å². The summed E-state index contributed by atoms with van der Waals surface area (Å²) in [6, 6.07) is 14.5. The van der Waals surface area contributed by atoms with E-state index in [0.29, 0.717) is 25.1 Å².